The van der Waals surface area contributed by atoms with Crippen LogP contribution in [0.4, 0.5) is 5.69 Å². The van der Waals surface area contributed by atoms with Crippen molar-refractivity contribution in [2.24, 2.45) is 0 Å². The van der Waals surface area contributed by atoms with E-state index < -0.39 is 5.91 Å². The molecule has 0 aliphatic rings. The summed E-state index contributed by atoms with van der Waals surface area (Å²) in [5.74, 6) is -0.330. The summed E-state index contributed by atoms with van der Waals surface area (Å²) < 4.78 is 5.78. The molecule has 4 aromatic rings. The van der Waals surface area contributed by atoms with Gasteiger partial charge in [0.15, 0.2) is 5.76 Å². The van der Waals surface area contributed by atoms with Crippen molar-refractivity contribution >= 4 is 51.5 Å². The van der Waals surface area contributed by atoms with Gasteiger partial charge in [0.05, 0.1) is 5.56 Å². The van der Waals surface area contributed by atoms with Gasteiger partial charge in [0.1, 0.15) is 15.9 Å². The van der Waals surface area contributed by atoms with Crippen molar-refractivity contribution in [3.05, 3.63) is 93.4 Å². The van der Waals surface area contributed by atoms with Crippen LogP contribution >= 0.6 is 23.2 Å². The molecule has 0 aliphatic heterocycles. The molecule has 5 nitrogen and oxygen atoms in total. The monoisotopic (exact) mass is 424 g/mol. The number of hydrogen-bond donors (Lipinski definition) is 1. The fourth-order valence-corrected chi connectivity index (χ4v) is 3.45. The third-order valence-electron chi connectivity index (χ3n) is 4.50. The number of furan rings is 1. The maximum absolute atomic E-state index is 12.8. The van der Waals surface area contributed by atoms with Crippen LogP contribution in [0.25, 0.3) is 11.0 Å². The van der Waals surface area contributed by atoms with E-state index >= 15 is 0 Å². The van der Waals surface area contributed by atoms with E-state index in [1.165, 1.54) is 12.1 Å². The largest absolute Gasteiger partial charge is 0.452 e. The molecule has 4 rings (SSSR count). The summed E-state index contributed by atoms with van der Waals surface area (Å²) in [5.41, 5.74) is 2.56. The van der Waals surface area contributed by atoms with Crippen molar-refractivity contribution in [3.8, 4) is 0 Å². The van der Waals surface area contributed by atoms with E-state index in [0.717, 1.165) is 5.39 Å². The van der Waals surface area contributed by atoms with Gasteiger partial charge in [-0.1, -0.05) is 53.5 Å². The number of pyridine rings is 1. The Hall–Kier alpha value is -3.15. The van der Waals surface area contributed by atoms with Crippen LogP contribution in [0.15, 0.2) is 65.1 Å². The second-order valence-corrected chi connectivity index (χ2v) is 7.13. The molecular formula is C22H14Cl2N2O3. The highest BCUT2D eigenvalue weighted by molar-refractivity contribution is 6.35. The highest BCUT2D eigenvalue weighted by Gasteiger charge is 2.20. The molecule has 0 fully saturated rings. The van der Waals surface area contributed by atoms with Gasteiger partial charge in [-0.25, -0.2) is 4.98 Å². The molecule has 2 aromatic heterocycles. The number of anilines is 1. The Balaban J connectivity index is 1.65. The molecular weight excluding hydrogens is 411 g/mol. The van der Waals surface area contributed by atoms with E-state index in [4.69, 9.17) is 27.6 Å². The number of amides is 1. The van der Waals surface area contributed by atoms with Gasteiger partial charge in [0.2, 0.25) is 5.78 Å². The van der Waals surface area contributed by atoms with Gasteiger partial charge in [-0.15, -0.1) is 0 Å². The van der Waals surface area contributed by atoms with E-state index in [-0.39, 0.29) is 27.4 Å². The number of carbonyl (C=O) groups excluding carboxylic acids is 2. The third kappa shape index (κ3) is 3.75. The summed E-state index contributed by atoms with van der Waals surface area (Å²) in [7, 11) is 0. The van der Waals surface area contributed by atoms with Crippen LogP contribution in [0, 0.1) is 6.92 Å². The van der Waals surface area contributed by atoms with E-state index in [0.29, 0.717) is 22.4 Å². The number of nitrogens with one attached hydrogen (secondary N) is 1. The number of ketones is 1. The first-order chi connectivity index (χ1) is 13.9. The molecule has 0 saturated heterocycles. The SMILES string of the molecule is Cc1c(C(=O)c2ccccc2)oc2ccc(NC(=O)c3ccc(Cl)nc3Cl)cc12. The summed E-state index contributed by atoms with van der Waals surface area (Å²) in [4.78, 5) is 29.1. The molecule has 0 bridgehead atoms. The van der Waals surface area contributed by atoms with E-state index in [1.807, 2.05) is 13.0 Å². The van der Waals surface area contributed by atoms with Crippen molar-refractivity contribution < 1.29 is 14.0 Å². The lowest BCUT2D eigenvalue weighted by Crippen LogP contribution is -2.12. The number of nitrogens with zero attached hydrogens (tertiary/aromatic N) is 1. The van der Waals surface area contributed by atoms with Gasteiger partial charge in [-0.3, -0.25) is 9.59 Å². The fraction of sp³-hybridized carbons (Fsp3) is 0.0455. The van der Waals surface area contributed by atoms with E-state index in [2.05, 4.69) is 10.3 Å². The quantitative estimate of drug-likeness (QED) is 0.325. The van der Waals surface area contributed by atoms with Crippen LogP contribution < -0.4 is 5.32 Å². The van der Waals surface area contributed by atoms with Crippen molar-refractivity contribution in [3.63, 3.8) is 0 Å². The predicted molar refractivity (Wildman–Crippen MR) is 113 cm³/mol. The Morgan fingerprint density at radius 1 is 1.00 bits per heavy atom. The molecule has 1 amide bonds. The zero-order chi connectivity index (χ0) is 20.5. The van der Waals surface area contributed by atoms with Crippen LogP contribution in [0.1, 0.15) is 32.0 Å². The number of rotatable bonds is 4. The molecule has 0 aliphatic carbocycles. The Kier molecular flexibility index (Phi) is 5.09. The van der Waals surface area contributed by atoms with Crippen molar-refractivity contribution in [2.45, 2.75) is 6.92 Å². The Morgan fingerprint density at radius 3 is 2.48 bits per heavy atom. The lowest BCUT2D eigenvalue weighted by molar-refractivity contribution is 0.101. The Morgan fingerprint density at radius 2 is 1.76 bits per heavy atom. The highest BCUT2D eigenvalue weighted by Crippen LogP contribution is 2.30. The van der Waals surface area contributed by atoms with Gasteiger partial charge in [0, 0.05) is 22.2 Å². The van der Waals surface area contributed by atoms with Gasteiger partial charge < -0.3 is 9.73 Å². The number of aromatic nitrogens is 1. The first-order valence-corrected chi connectivity index (χ1v) is 9.46. The summed E-state index contributed by atoms with van der Waals surface area (Å²) in [5, 5.41) is 3.74. The molecule has 0 spiro atoms. The van der Waals surface area contributed by atoms with Crippen LogP contribution in [-0.4, -0.2) is 16.7 Å². The number of hydrogen-bond acceptors (Lipinski definition) is 4. The number of halogens is 2. The molecule has 0 radical (unpaired) electrons. The lowest BCUT2D eigenvalue weighted by atomic mass is 10.0. The summed E-state index contributed by atoms with van der Waals surface area (Å²) in [6.45, 7) is 1.81. The first kappa shape index (κ1) is 19.2. The molecule has 0 saturated carbocycles. The fourth-order valence-electron chi connectivity index (χ4n) is 3.02. The maximum atomic E-state index is 12.8. The van der Waals surface area contributed by atoms with E-state index in [9.17, 15) is 9.59 Å². The zero-order valence-corrected chi connectivity index (χ0v) is 16.7. The Labute approximate surface area is 176 Å². The molecule has 2 aromatic carbocycles. The van der Waals surface area contributed by atoms with Crippen LogP contribution in [-0.2, 0) is 0 Å². The average Bonchev–Trinajstić information content (AvgIpc) is 3.04. The molecule has 1 N–H and O–H groups in total. The number of carbonyl (C=O) groups is 2. The van der Waals surface area contributed by atoms with Crippen molar-refractivity contribution in [2.75, 3.05) is 5.32 Å². The van der Waals surface area contributed by atoms with Crippen LogP contribution in [0.5, 0.6) is 0 Å². The van der Waals surface area contributed by atoms with Gasteiger partial charge in [0.25, 0.3) is 5.91 Å². The van der Waals surface area contributed by atoms with Crippen molar-refractivity contribution in [1.29, 1.82) is 0 Å². The molecule has 29 heavy (non-hydrogen) atoms. The standard InChI is InChI=1S/C22H14Cl2N2O3/c1-12-16-11-14(25-22(28)15-8-10-18(23)26-21(15)24)7-9-17(16)29-20(12)19(27)13-5-3-2-4-6-13/h2-11H,1H3,(H,25,28). The number of benzene rings is 2. The predicted octanol–water partition coefficient (Wildman–Crippen LogP) is 5.93. The number of aryl methyl sites for hydroxylation is 1. The topological polar surface area (TPSA) is 72.2 Å². The smallest absolute Gasteiger partial charge is 0.258 e. The normalized spacial score (nSPS) is 10.9. The minimum Gasteiger partial charge on any atom is -0.452 e. The molecule has 144 valence electrons. The Bertz CT molecular complexity index is 1250. The van der Waals surface area contributed by atoms with Crippen LogP contribution in [0.2, 0.25) is 10.3 Å². The minimum atomic E-state index is -0.416. The number of fused-ring (bicyclic) bond motifs is 1. The highest BCUT2D eigenvalue weighted by atomic mass is 35.5. The van der Waals surface area contributed by atoms with Gasteiger partial charge >= 0.3 is 0 Å². The van der Waals surface area contributed by atoms with Gasteiger partial charge in [-0.05, 0) is 37.3 Å². The zero-order valence-electron chi connectivity index (χ0n) is 15.2. The second-order valence-electron chi connectivity index (χ2n) is 6.39. The van der Waals surface area contributed by atoms with Crippen LogP contribution in [0.3, 0.4) is 0 Å². The molecule has 0 atom stereocenters. The summed E-state index contributed by atoms with van der Waals surface area (Å²) >= 11 is 11.8. The second kappa shape index (κ2) is 7.70. The summed E-state index contributed by atoms with van der Waals surface area (Å²) in [6.07, 6.45) is 0. The minimum absolute atomic E-state index is 0.0197. The summed E-state index contributed by atoms with van der Waals surface area (Å²) in [6, 6.07) is 17.1. The molecule has 0 unspecified atom stereocenters. The third-order valence-corrected chi connectivity index (χ3v) is 4.99. The molecule has 2 heterocycles. The van der Waals surface area contributed by atoms with Gasteiger partial charge in [-0.2, -0.15) is 0 Å². The average molecular weight is 425 g/mol. The maximum Gasteiger partial charge on any atom is 0.258 e. The lowest BCUT2D eigenvalue weighted by Gasteiger charge is -2.06. The molecule has 7 heteroatoms. The van der Waals surface area contributed by atoms with E-state index in [1.54, 1.807) is 42.5 Å². The van der Waals surface area contributed by atoms with Crippen molar-refractivity contribution in [1.82, 2.24) is 4.98 Å². The first-order valence-electron chi connectivity index (χ1n) is 8.70.